The Kier molecular flexibility index (Phi) is 8.79. The topological polar surface area (TPSA) is 24.9 Å². The van der Waals surface area contributed by atoms with Gasteiger partial charge in [-0.05, 0) is 25.7 Å². The lowest BCUT2D eigenvalue weighted by molar-refractivity contribution is 0.0356. The fourth-order valence-electron chi connectivity index (χ4n) is 2.33. The Morgan fingerprint density at radius 1 is 0.857 bits per heavy atom. The van der Waals surface area contributed by atoms with Gasteiger partial charge < -0.3 is 9.47 Å². The van der Waals surface area contributed by atoms with E-state index in [-0.39, 0.29) is 0 Å². The van der Waals surface area contributed by atoms with Crippen molar-refractivity contribution in [3.8, 4) is 0 Å². The van der Waals surface area contributed by atoms with Crippen molar-refractivity contribution in [2.75, 3.05) is 59.1 Å². The molecule has 1 aliphatic rings. The molecule has 0 N–H and O–H groups in total. The van der Waals surface area contributed by atoms with E-state index >= 15 is 0 Å². The molecule has 1 saturated heterocycles. The molecule has 4 nitrogen and oxygen atoms in total. The molecule has 1 rings (SSSR count). The number of piperazine rings is 1. The molecular weight excluding hydrogens is 264 g/mol. The van der Waals surface area contributed by atoms with Crippen molar-refractivity contribution in [1.82, 2.24) is 9.80 Å². The zero-order chi connectivity index (χ0) is 15.7. The summed E-state index contributed by atoms with van der Waals surface area (Å²) in [5.74, 6) is 0. The third kappa shape index (κ3) is 10.2. The Morgan fingerprint density at radius 2 is 1.38 bits per heavy atom. The average Bonchev–Trinajstić information content (AvgIpc) is 2.38. The van der Waals surface area contributed by atoms with Crippen LogP contribution in [-0.4, -0.2) is 75.0 Å². The number of hydrogen-bond donors (Lipinski definition) is 0. The molecule has 0 spiro atoms. The van der Waals surface area contributed by atoms with Gasteiger partial charge in [-0.25, -0.2) is 0 Å². The summed E-state index contributed by atoms with van der Waals surface area (Å²) >= 11 is 0. The maximum absolute atomic E-state index is 5.76. The van der Waals surface area contributed by atoms with Gasteiger partial charge in [0.05, 0.1) is 19.3 Å². The molecule has 0 aromatic rings. The molecule has 126 valence electrons. The van der Waals surface area contributed by atoms with Gasteiger partial charge in [0.1, 0.15) is 0 Å². The Morgan fingerprint density at radius 3 is 1.86 bits per heavy atom. The fourth-order valence-corrected chi connectivity index (χ4v) is 2.33. The predicted molar refractivity (Wildman–Crippen MR) is 88.9 cm³/mol. The smallest absolute Gasteiger partial charge is 0.0596 e. The lowest BCUT2D eigenvalue weighted by Crippen LogP contribution is -2.48. The summed E-state index contributed by atoms with van der Waals surface area (Å²) in [6.45, 7) is 20.3. The van der Waals surface area contributed by atoms with Gasteiger partial charge >= 0.3 is 0 Å². The van der Waals surface area contributed by atoms with E-state index in [0.29, 0.717) is 11.5 Å². The van der Waals surface area contributed by atoms with E-state index in [1.807, 2.05) is 0 Å². The highest BCUT2D eigenvalue weighted by Crippen LogP contribution is 2.17. The van der Waals surface area contributed by atoms with E-state index < -0.39 is 0 Å². The third-order valence-electron chi connectivity index (χ3n) is 3.87. The summed E-state index contributed by atoms with van der Waals surface area (Å²) in [6.07, 6.45) is 1.48. The molecule has 1 heterocycles. The molecule has 0 bridgehead atoms. The van der Waals surface area contributed by atoms with Crippen LogP contribution in [0.2, 0.25) is 0 Å². The van der Waals surface area contributed by atoms with Crippen molar-refractivity contribution in [2.45, 2.75) is 47.1 Å². The number of nitrogens with zero attached hydrogens (tertiary/aromatic N) is 2. The van der Waals surface area contributed by atoms with E-state index in [2.05, 4.69) is 44.4 Å². The maximum Gasteiger partial charge on any atom is 0.0596 e. The minimum absolute atomic E-state index is 0.344. The van der Waals surface area contributed by atoms with Crippen LogP contribution < -0.4 is 0 Å². The maximum atomic E-state index is 5.76. The Labute approximate surface area is 131 Å². The summed E-state index contributed by atoms with van der Waals surface area (Å²) < 4.78 is 11.4. The third-order valence-corrected chi connectivity index (χ3v) is 3.87. The van der Waals surface area contributed by atoms with E-state index in [0.717, 1.165) is 65.5 Å². The molecule has 0 aliphatic carbocycles. The highest BCUT2D eigenvalue weighted by molar-refractivity contribution is 4.71. The standard InChI is InChI=1S/C17H36N2O2/c1-16(2)21-15-12-19-9-7-18(8-10-19)11-14-20-13-6-17(3,4)5/h16H,6-15H2,1-5H3. The second-order valence-electron chi connectivity index (χ2n) is 7.53. The minimum atomic E-state index is 0.344. The quantitative estimate of drug-likeness (QED) is 0.611. The van der Waals surface area contributed by atoms with Gasteiger partial charge in [-0.1, -0.05) is 20.8 Å². The summed E-state index contributed by atoms with van der Waals surface area (Å²) in [5, 5.41) is 0. The molecule has 0 saturated carbocycles. The van der Waals surface area contributed by atoms with Gasteiger partial charge in [0.15, 0.2) is 0 Å². The number of hydrogen-bond acceptors (Lipinski definition) is 4. The van der Waals surface area contributed by atoms with Crippen molar-refractivity contribution in [3.63, 3.8) is 0 Å². The van der Waals surface area contributed by atoms with E-state index in [1.165, 1.54) is 0 Å². The van der Waals surface area contributed by atoms with Crippen LogP contribution >= 0.6 is 0 Å². The first-order chi connectivity index (χ1) is 9.87. The summed E-state index contributed by atoms with van der Waals surface area (Å²) in [7, 11) is 0. The molecule has 0 atom stereocenters. The van der Waals surface area contributed by atoms with Crippen LogP contribution in [0.5, 0.6) is 0 Å². The van der Waals surface area contributed by atoms with Crippen LogP contribution in [0.15, 0.2) is 0 Å². The second kappa shape index (κ2) is 9.78. The summed E-state index contributed by atoms with van der Waals surface area (Å²) in [4.78, 5) is 5.01. The predicted octanol–water partition coefficient (Wildman–Crippen LogP) is 2.48. The monoisotopic (exact) mass is 300 g/mol. The zero-order valence-corrected chi connectivity index (χ0v) is 14.9. The SMILES string of the molecule is CC(C)OCCN1CCN(CCOCCC(C)(C)C)CC1. The fraction of sp³-hybridized carbons (Fsp3) is 1.00. The molecular formula is C17H36N2O2. The normalized spacial score (nSPS) is 18.6. The first kappa shape index (κ1) is 18.9. The largest absolute Gasteiger partial charge is 0.380 e. The summed E-state index contributed by atoms with van der Waals surface area (Å²) in [6, 6.07) is 0. The van der Waals surface area contributed by atoms with E-state index in [4.69, 9.17) is 9.47 Å². The molecule has 1 fully saturated rings. The molecule has 0 aromatic carbocycles. The highest BCUT2D eigenvalue weighted by atomic mass is 16.5. The van der Waals surface area contributed by atoms with Crippen LogP contribution in [-0.2, 0) is 9.47 Å². The van der Waals surface area contributed by atoms with Crippen molar-refractivity contribution < 1.29 is 9.47 Å². The highest BCUT2D eigenvalue weighted by Gasteiger charge is 2.16. The lowest BCUT2D eigenvalue weighted by atomic mass is 9.93. The Bertz CT molecular complexity index is 256. The van der Waals surface area contributed by atoms with Crippen molar-refractivity contribution >= 4 is 0 Å². The van der Waals surface area contributed by atoms with Crippen molar-refractivity contribution in [1.29, 1.82) is 0 Å². The first-order valence-electron chi connectivity index (χ1n) is 8.51. The molecule has 0 amide bonds. The molecule has 21 heavy (non-hydrogen) atoms. The average molecular weight is 300 g/mol. The molecule has 0 radical (unpaired) electrons. The van der Waals surface area contributed by atoms with Gasteiger partial charge in [0.2, 0.25) is 0 Å². The Balaban J connectivity index is 1.98. The van der Waals surface area contributed by atoms with E-state index in [1.54, 1.807) is 0 Å². The first-order valence-corrected chi connectivity index (χ1v) is 8.51. The number of ether oxygens (including phenoxy) is 2. The van der Waals surface area contributed by atoms with Gasteiger partial charge in [-0.3, -0.25) is 9.80 Å². The van der Waals surface area contributed by atoms with Gasteiger partial charge in [-0.2, -0.15) is 0 Å². The molecule has 0 unspecified atom stereocenters. The second-order valence-corrected chi connectivity index (χ2v) is 7.53. The van der Waals surface area contributed by atoms with Crippen LogP contribution in [0.4, 0.5) is 0 Å². The molecule has 1 aliphatic heterocycles. The zero-order valence-electron chi connectivity index (χ0n) is 14.9. The van der Waals surface area contributed by atoms with Crippen LogP contribution in [0.1, 0.15) is 41.0 Å². The van der Waals surface area contributed by atoms with Crippen LogP contribution in [0, 0.1) is 5.41 Å². The minimum Gasteiger partial charge on any atom is -0.380 e. The lowest BCUT2D eigenvalue weighted by Gasteiger charge is -2.34. The number of rotatable bonds is 9. The summed E-state index contributed by atoms with van der Waals surface area (Å²) in [5.41, 5.74) is 0.379. The van der Waals surface area contributed by atoms with Crippen LogP contribution in [0.25, 0.3) is 0 Å². The van der Waals surface area contributed by atoms with Gasteiger partial charge in [0.25, 0.3) is 0 Å². The Hall–Kier alpha value is -0.160. The van der Waals surface area contributed by atoms with Crippen LogP contribution in [0.3, 0.4) is 0 Å². The van der Waals surface area contributed by atoms with Crippen molar-refractivity contribution in [2.24, 2.45) is 5.41 Å². The molecule has 4 heteroatoms. The van der Waals surface area contributed by atoms with Gasteiger partial charge in [0, 0.05) is 45.9 Å². The van der Waals surface area contributed by atoms with Crippen molar-refractivity contribution in [3.05, 3.63) is 0 Å². The van der Waals surface area contributed by atoms with E-state index in [9.17, 15) is 0 Å². The van der Waals surface area contributed by atoms with Gasteiger partial charge in [-0.15, -0.1) is 0 Å². The molecule has 0 aromatic heterocycles.